The molecule has 0 spiro atoms. The van der Waals surface area contributed by atoms with Crippen molar-refractivity contribution in [1.82, 2.24) is 25.0 Å². The topological polar surface area (TPSA) is 80.1 Å². The molecule has 1 N–H and O–H groups in total. The standard InChI is InChI=1S/C26H31N5O2/c1-19(2)31-18-28-29-23(31)15-16-27-26(33)22-13-14-24(32)30(17-20-9-5-3-6-10-20)25(22)21-11-7-4-8-12-21/h3-12,18-19,22,25H,13-17H2,1-2H3,(H,27,33). The summed E-state index contributed by atoms with van der Waals surface area (Å²) in [6.07, 6.45) is 3.24. The highest BCUT2D eigenvalue weighted by Gasteiger charge is 2.40. The van der Waals surface area contributed by atoms with Crippen LogP contribution in [0.5, 0.6) is 0 Å². The molecule has 172 valence electrons. The molecule has 2 heterocycles. The maximum atomic E-state index is 13.3. The molecule has 2 aromatic carbocycles. The zero-order valence-electron chi connectivity index (χ0n) is 19.2. The van der Waals surface area contributed by atoms with Gasteiger partial charge in [0, 0.05) is 32.0 Å². The van der Waals surface area contributed by atoms with Crippen LogP contribution in [0, 0.1) is 5.92 Å². The predicted molar refractivity (Wildman–Crippen MR) is 126 cm³/mol. The fourth-order valence-electron chi connectivity index (χ4n) is 4.56. The van der Waals surface area contributed by atoms with Crippen LogP contribution in [0.15, 0.2) is 67.0 Å². The largest absolute Gasteiger partial charge is 0.355 e. The van der Waals surface area contributed by atoms with E-state index in [1.807, 2.05) is 70.1 Å². The van der Waals surface area contributed by atoms with Crippen molar-refractivity contribution in [1.29, 1.82) is 0 Å². The zero-order chi connectivity index (χ0) is 23.2. The molecular formula is C26H31N5O2. The lowest BCUT2D eigenvalue weighted by molar-refractivity contribution is -0.144. The summed E-state index contributed by atoms with van der Waals surface area (Å²) in [4.78, 5) is 28.2. The average Bonchev–Trinajstić information content (AvgIpc) is 3.30. The summed E-state index contributed by atoms with van der Waals surface area (Å²) in [6.45, 7) is 5.13. The molecule has 0 saturated carbocycles. The number of hydrogen-bond acceptors (Lipinski definition) is 4. The lowest BCUT2D eigenvalue weighted by atomic mass is 9.83. The number of nitrogens with one attached hydrogen (secondary N) is 1. The van der Waals surface area contributed by atoms with Crippen LogP contribution in [0.4, 0.5) is 0 Å². The molecule has 2 atom stereocenters. The zero-order valence-corrected chi connectivity index (χ0v) is 19.2. The second kappa shape index (κ2) is 10.4. The first-order chi connectivity index (χ1) is 16.0. The summed E-state index contributed by atoms with van der Waals surface area (Å²) >= 11 is 0. The summed E-state index contributed by atoms with van der Waals surface area (Å²) in [5, 5.41) is 11.3. The van der Waals surface area contributed by atoms with E-state index in [1.54, 1.807) is 6.33 Å². The minimum absolute atomic E-state index is 0.0231. The number of piperidine rings is 1. The minimum Gasteiger partial charge on any atom is -0.355 e. The number of carbonyl (C=O) groups is 2. The van der Waals surface area contributed by atoms with Gasteiger partial charge in [-0.25, -0.2) is 0 Å². The third-order valence-electron chi connectivity index (χ3n) is 6.23. The first kappa shape index (κ1) is 22.7. The first-order valence-corrected chi connectivity index (χ1v) is 11.6. The molecule has 1 fully saturated rings. The van der Waals surface area contributed by atoms with Gasteiger partial charge in [-0.3, -0.25) is 9.59 Å². The Morgan fingerprint density at radius 1 is 1.09 bits per heavy atom. The molecule has 1 aromatic heterocycles. The Morgan fingerprint density at radius 2 is 1.79 bits per heavy atom. The van der Waals surface area contributed by atoms with Crippen LogP contribution in [-0.4, -0.2) is 38.0 Å². The summed E-state index contributed by atoms with van der Waals surface area (Å²) in [6, 6.07) is 19.8. The lowest BCUT2D eigenvalue weighted by Gasteiger charge is -2.41. The Hall–Kier alpha value is -3.48. The molecular weight excluding hydrogens is 414 g/mol. The highest BCUT2D eigenvalue weighted by atomic mass is 16.2. The summed E-state index contributed by atoms with van der Waals surface area (Å²) in [5.74, 6) is 0.609. The Balaban J connectivity index is 1.51. The highest BCUT2D eigenvalue weighted by Crippen LogP contribution is 2.38. The van der Waals surface area contributed by atoms with E-state index in [-0.39, 0.29) is 29.8 Å². The molecule has 2 unspecified atom stereocenters. The molecule has 1 aliphatic rings. The monoisotopic (exact) mass is 445 g/mol. The van der Waals surface area contributed by atoms with E-state index in [1.165, 1.54) is 0 Å². The molecule has 33 heavy (non-hydrogen) atoms. The molecule has 0 aliphatic carbocycles. The van der Waals surface area contributed by atoms with Gasteiger partial charge in [0.1, 0.15) is 12.2 Å². The average molecular weight is 446 g/mol. The van der Waals surface area contributed by atoms with E-state index in [0.717, 1.165) is 17.0 Å². The van der Waals surface area contributed by atoms with Crippen molar-refractivity contribution < 1.29 is 9.59 Å². The Labute approximate surface area is 194 Å². The molecule has 4 rings (SSSR count). The van der Waals surface area contributed by atoms with Crippen LogP contribution in [0.25, 0.3) is 0 Å². The normalized spacial score (nSPS) is 18.5. The van der Waals surface area contributed by atoms with Gasteiger partial charge in [-0.05, 0) is 31.4 Å². The van der Waals surface area contributed by atoms with Crippen molar-refractivity contribution in [2.24, 2.45) is 5.92 Å². The van der Waals surface area contributed by atoms with Gasteiger partial charge in [0.15, 0.2) is 0 Å². The van der Waals surface area contributed by atoms with Crippen LogP contribution in [0.2, 0.25) is 0 Å². The second-order valence-corrected chi connectivity index (χ2v) is 8.80. The quantitative estimate of drug-likeness (QED) is 0.573. The van der Waals surface area contributed by atoms with Crippen LogP contribution in [0.1, 0.15) is 55.7 Å². The summed E-state index contributed by atoms with van der Waals surface area (Å²) in [7, 11) is 0. The van der Waals surface area contributed by atoms with Crippen molar-refractivity contribution in [3.05, 3.63) is 83.9 Å². The summed E-state index contributed by atoms with van der Waals surface area (Å²) < 4.78 is 2.01. The number of hydrogen-bond donors (Lipinski definition) is 1. The first-order valence-electron chi connectivity index (χ1n) is 11.6. The van der Waals surface area contributed by atoms with Crippen LogP contribution >= 0.6 is 0 Å². The van der Waals surface area contributed by atoms with Crippen molar-refractivity contribution in [2.45, 2.75) is 51.7 Å². The SMILES string of the molecule is CC(C)n1cnnc1CCNC(=O)C1CCC(=O)N(Cc2ccccc2)C1c1ccccc1. The molecule has 1 aliphatic heterocycles. The van der Waals surface area contributed by atoms with Gasteiger partial charge < -0.3 is 14.8 Å². The van der Waals surface area contributed by atoms with Crippen molar-refractivity contribution >= 4 is 11.8 Å². The molecule has 0 bridgehead atoms. The second-order valence-electron chi connectivity index (χ2n) is 8.80. The van der Waals surface area contributed by atoms with Gasteiger partial charge >= 0.3 is 0 Å². The van der Waals surface area contributed by atoms with Crippen LogP contribution < -0.4 is 5.32 Å². The lowest BCUT2D eigenvalue weighted by Crippen LogP contribution is -2.48. The van der Waals surface area contributed by atoms with Gasteiger partial charge in [-0.15, -0.1) is 10.2 Å². The van der Waals surface area contributed by atoms with E-state index < -0.39 is 0 Å². The van der Waals surface area contributed by atoms with Crippen molar-refractivity contribution in [2.75, 3.05) is 6.54 Å². The van der Waals surface area contributed by atoms with Crippen LogP contribution in [0.3, 0.4) is 0 Å². The van der Waals surface area contributed by atoms with E-state index in [0.29, 0.717) is 32.4 Å². The fraction of sp³-hybridized carbons (Fsp3) is 0.385. The van der Waals surface area contributed by atoms with E-state index in [2.05, 4.69) is 29.4 Å². The number of aromatic nitrogens is 3. The third-order valence-corrected chi connectivity index (χ3v) is 6.23. The molecule has 7 heteroatoms. The van der Waals surface area contributed by atoms with Crippen LogP contribution in [-0.2, 0) is 22.6 Å². The van der Waals surface area contributed by atoms with Gasteiger partial charge in [0.2, 0.25) is 11.8 Å². The number of carbonyl (C=O) groups excluding carboxylic acids is 2. The highest BCUT2D eigenvalue weighted by molar-refractivity contribution is 5.85. The Bertz CT molecular complexity index is 1060. The maximum Gasteiger partial charge on any atom is 0.225 e. The van der Waals surface area contributed by atoms with Gasteiger partial charge in [-0.1, -0.05) is 60.7 Å². The van der Waals surface area contributed by atoms with E-state index in [9.17, 15) is 9.59 Å². The van der Waals surface area contributed by atoms with Crippen molar-refractivity contribution in [3.8, 4) is 0 Å². The summed E-state index contributed by atoms with van der Waals surface area (Å²) in [5.41, 5.74) is 2.04. The van der Waals surface area contributed by atoms with E-state index in [4.69, 9.17) is 0 Å². The number of benzene rings is 2. The predicted octanol–water partition coefficient (Wildman–Crippen LogP) is 3.70. The fourth-order valence-corrected chi connectivity index (χ4v) is 4.56. The number of amides is 2. The number of nitrogens with zero attached hydrogens (tertiary/aromatic N) is 4. The molecule has 1 saturated heterocycles. The maximum absolute atomic E-state index is 13.3. The van der Waals surface area contributed by atoms with Gasteiger partial charge in [0.25, 0.3) is 0 Å². The molecule has 7 nitrogen and oxygen atoms in total. The molecule has 2 amide bonds. The molecule has 3 aromatic rings. The smallest absolute Gasteiger partial charge is 0.225 e. The van der Waals surface area contributed by atoms with Crippen molar-refractivity contribution in [3.63, 3.8) is 0 Å². The Kier molecular flexibility index (Phi) is 7.17. The molecule has 0 radical (unpaired) electrons. The minimum atomic E-state index is -0.309. The third kappa shape index (κ3) is 5.30. The van der Waals surface area contributed by atoms with E-state index >= 15 is 0 Å². The van der Waals surface area contributed by atoms with Gasteiger partial charge in [0.05, 0.1) is 12.0 Å². The number of likely N-dealkylation sites (tertiary alicyclic amines) is 1. The van der Waals surface area contributed by atoms with Gasteiger partial charge in [-0.2, -0.15) is 0 Å². The Morgan fingerprint density at radius 3 is 2.48 bits per heavy atom. The number of rotatable bonds is 8.